The molecule has 2 aromatic heterocycles. The van der Waals surface area contributed by atoms with Crippen LogP contribution in [0.5, 0.6) is 0 Å². The van der Waals surface area contributed by atoms with E-state index in [9.17, 15) is 4.79 Å². The Hall–Kier alpha value is -2.88. The average molecular weight is 377 g/mol. The third kappa shape index (κ3) is 4.89. The largest absolute Gasteiger partial charge is 0.463 e. The SMILES string of the molecule is CCCCCCc1ccc(-c2ccc(C(=O)OCC)nc2-c2ccco2)cc1. The molecule has 3 aromatic rings. The van der Waals surface area contributed by atoms with Gasteiger partial charge in [-0.3, -0.25) is 0 Å². The molecule has 0 bridgehead atoms. The Morgan fingerprint density at radius 1 is 1.00 bits per heavy atom. The number of benzene rings is 1. The molecule has 3 rings (SSSR count). The van der Waals surface area contributed by atoms with Crippen molar-refractivity contribution in [2.24, 2.45) is 0 Å². The number of hydrogen-bond donors (Lipinski definition) is 0. The number of aryl methyl sites for hydroxylation is 1. The molecule has 0 saturated carbocycles. The molecule has 0 atom stereocenters. The van der Waals surface area contributed by atoms with E-state index in [1.54, 1.807) is 19.3 Å². The van der Waals surface area contributed by atoms with Gasteiger partial charge in [0.05, 0.1) is 12.9 Å². The molecule has 4 heteroatoms. The van der Waals surface area contributed by atoms with Crippen LogP contribution in [0, 0.1) is 0 Å². The van der Waals surface area contributed by atoms with Crippen molar-refractivity contribution in [3.8, 4) is 22.6 Å². The highest BCUT2D eigenvalue weighted by Gasteiger charge is 2.16. The van der Waals surface area contributed by atoms with Crippen molar-refractivity contribution in [2.75, 3.05) is 6.61 Å². The fourth-order valence-electron chi connectivity index (χ4n) is 3.22. The standard InChI is InChI=1S/C24H27NO3/c1-3-5-6-7-9-18-11-13-19(14-12-18)20-15-16-21(24(26)27-4-2)25-23(20)22-10-8-17-28-22/h8,10-17H,3-7,9H2,1-2H3. The number of carbonyl (C=O) groups excluding carboxylic acids is 1. The molecule has 0 saturated heterocycles. The van der Waals surface area contributed by atoms with Gasteiger partial charge in [0.1, 0.15) is 11.4 Å². The number of ether oxygens (including phenoxy) is 1. The third-order valence-electron chi connectivity index (χ3n) is 4.72. The number of esters is 1. The maximum atomic E-state index is 12.1. The molecule has 28 heavy (non-hydrogen) atoms. The lowest BCUT2D eigenvalue weighted by Gasteiger charge is -2.10. The van der Waals surface area contributed by atoms with E-state index in [1.807, 2.05) is 18.2 Å². The topological polar surface area (TPSA) is 52.3 Å². The zero-order valence-electron chi connectivity index (χ0n) is 16.6. The molecule has 0 aliphatic rings. The van der Waals surface area contributed by atoms with Crippen LogP contribution in [0.15, 0.2) is 59.2 Å². The monoisotopic (exact) mass is 377 g/mol. The zero-order valence-corrected chi connectivity index (χ0v) is 16.6. The van der Waals surface area contributed by atoms with E-state index in [0.717, 1.165) is 17.5 Å². The molecule has 1 aromatic carbocycles. The lowest BCUT2D eigenvalue weighted by molar-refractivity contribution is 0.0519. The van der Waals surface area contributed by atoms with E-state index >= 15 is 0 Å². The highest BCUT2D eigenvalue weighted by atomic mass is 16.5. The summed E-state index contributed by atoms with van der Waals surface area (Å²) in [5.41, 5.74) is 4.25. The number of furan rings is 1. The average Bonchev–Trinajstić information content (AvgIpc) is 3.26. The van der Waals surface area contributed by atoms with Crippen molar-refractivity contribution in [1.82, 2.24) is 4.98 Å². The van der Waals surface area contributed by atoms with Gasteiger partial charge in [0.25, 0.3) is 0 Å². The van der Waals surface area contributed by atoms with Crippen LogP contribution in [0.3, 0.4) is 0 Å². The molecule has 0 radical (unpaired) electrons. The van der Waals surface area contributed by atoms with Gasteiger partial charge in [0.2, 0.25) is 0 Å². The molecule has 0 fully saturated rings. The summed E-state index contributed by atoms with van der Waals surface area (Å²) >= 11 is 0. The predicted octanol–water partition coefficient (Wildman–Crippen LogP) is 6.31. The van der Waals surface area contributed by atoms with Crippen molar-refractivity contribution in [1.29, 1.82) is 0 Å². The molecular weight excluding hydrogens is 350 g/mol. The summed E-state index contributed by atoms with van der Waals surface area (Å²) in [4.78, 5) is 16.6. The zero-order chi connectivity index (χ0) is 19.8. The van der Waals surface area contributed by atoms with Crippen LogP contribution in [0.25, 0.3) is 22.6 Å². The molecule has 0 N–H and O–H groups in total. The summed E-state index contributed by atoms with van der Waals surface area (Å²) in [7, 11) is 0. The number of hydrogen-bond acceptors (Lipinski definition) is 4. The predicted molar refractivity (Wildman–Crippen MR) is 111 cm³/mol. The first-order chi connectivity index (χ1) is 13.7. The van der Waals surface area contributed by atoms with Crippen LogP contribution in [0.2, 0.25) is 0 Å². The third-order valence-corrected chi connectivity index (χ3v) is 4.72. The van der Waals surface area contributed by atoms with Gasteiger partial charge < -0.3 is 9.15 Å². The minimum atomic E-state index is -0.427. The summed E-state index contributed by atoms with van der Waals surface area (Å²) < 4.78 is 10.6. The first-order valence-electron chi connectivity index (χ1n) is 10.0. The molecular formula is C24H27NO3. The molecule has 4 nitrogen and oxygen atoms in total. The Bertz CT molecular complexity index is 883. The maximum Gasteiger partial charge on any atom is 0.356 e. The minimum absolute atomic E-state index is 0.282. The van der Waals surface area contributed by atoms with Crippen LogP contribution in [0.4, 0.5) is 0 Å². The van der Waals surface area contributed by atoms with Crippen molar-refractivity contribution >= 4 is 5.97 Å². The quantitative estimate of drug-likeness (QED) is 0.324. The van der Waals surface area contributed by atoms with Crippen LogP contribution in [0.1, 0.15) is 55.6 Å². The van der Waals surface area contributed by atoms with Gasteiger partial charge in [0.15, 0.2) is 5.76 Å². The Balaban J connectivity index is 1.87. The fraction of sp³-hybridized carbons (Fsp3) is 0.333. The lowest BCUT2D eigenvalue weighted by Crippen LogP contribution is -2.08. The second-order valence-electron chi connectivity index (χ2n) is 6.80. The Kier molecular flexibility index (Phi) is 7.01. The highest BCUT2D eigenvalue weighted by molar-refractivity contribution is 5.90. The Labute approximate surface area is 166 Å². The van der Waals surface area contributed by atoms with E-state index in [-0.39, 0.29) is 5.69 Å². The second kappa shape index (κ2) is 9.88. The van der Waals surface area contributed by atoms with Gasteiger partial charge >= 0.3 is 5.97 Å². The van der Waals surface area contributed by atoms with E-state index < -0.39 is 5.97 Å². The number of carbonyl (C=O) groups is 1. The summed E-state index contributed by atoms with van der Waals surface area (Å²) in [6, 6.07) is 15.9. The van der Waals surface area contributed by atoms with Gasteiger partial charge in [-0.1, -0.05) is 50.5 Å². The van der Waals surface area contributed by atoms with Crippen LogP contribution >= 0.6 is 0 Å². The molecule has 0 aliphatic heterocycles. The normalized spacial score (nSPS) is 10.8. The van der Waals surface area contributed by atoms with E-state index in [4.69, 9.17) is 9.15 Å². The summed E-state index contributed by atoms with van der Waals surface area (Å²) in [6.07, 6.45) is 7.76. The van der Waals surface area contributed by atoms with E-state index in [0.29, 0.717) is 18.1 Å². The molecule has 0 aliphatic carbocycles. The maximum absolute atomic E-state index is 12.1. The van der Waals surface area contributed by atoms with E-state index in [1.165, 1.54) is 31.2 Å². The van der Waals surface area contributed by atoms with Gasteiger partial charge in [-0.2, -0.15) is 0 Å². The second-order valence-corrected chi connectivity index (χ2v) is 6.80. The number of unbranched alkanes of at least 4 members (excludes halogenated alkanes) is 3. The Morgan fingerprint density at radius 2 is 1.82 bits per heavy atom. The number of pyridine rings is 1. The number of nitrogens with zero attached hydrogens (tertiary/aromatic N) is 1. The fourth-order valence-corrected chi connectivity index (χ4v) is 3.22. The lowest BCUT2D eigenvalue weighted by atomic mass is 9.99. The minimum Gasteiger partial charge on any atom is -0.463 e. The smallest absolute Gasteiger partial charge is 0.356 e. The van der Waals surface area contributed by atoms with Gasteiger partial charge in [-0.05, 0) is 55.2 Å². The van der Waals surface area contributed by atoms with Crippen molar-refractivity contribution < 1.29 is 13.9 Å². The van der Waals surface area contributed by atoms with Crippen LogP contribution in [-0.2, 0) is 11.2 Å². The van der Waals surface area contributed by atoms with Gasteiger partial charge in [0, 0.05) is 5.56 Å². The number of aromatic nitrogens is 1. The summed E-state index contributed by atoms with van der Waals surface area (Å²) in [5.74, 6) is 0.203. The molecule has 0 spiro atoms. The Morgan fingerprint density at radius 3 is 2.50 bits per heavy atom. The number of rotatable bonds is 9. The molecule has 0 unspecified atom stereocenters. The van der Waals surface area contributed by atoms with Crippen molar-refractivity contribution in [2.45, 2.75) is 46.0 Å². The first kappa shape index (κ1) is 19.9. The van der Waals surface area contributed by atoms with Crippen molar-refractivity contribution in [3.63, 3.8) is 0 Å². The van der Waals surface area contributed by atoms with Crippen LogP contribution in [-0.4, -0.2) is 17.6 Å². The van der Waals surface area contributed by atoms with Crippen molar-refractivity contribution in [3.05, 3.63) is 66.1 Å². The molecule has 146 valence electrons. The van der Waals surface area contributed by atoms with Gasteiger partial charge in [-0.15, -0.1) is 0 Å². The van der Waals surface area contributed by atoms with Gasteiger partial charge in [-0.25, -0.2) is 9.78 Å². The van der Waals surface area contributed by atoms with Crippen LogP contribution < -0.4 is 0 Å². The highest BCUT2D eigenvalue weighted by Crippen LogP contribution is 2.31. The first-order valence-corrected chi connectivity index (χ1v) is 10.0. The summed E-state index contributed by atoms with van der Waals surface area (Å²) in [6.45, 7) is 4.33. The molecule has 0 amide bonds. The van der Waals surface area contributed by atoms with E-state index in [2.05, 4.69) is 36.2 Å². The molecule has 2 heterocycles. The summed E-state index contributed by atoms with van der Waals surface area (Å²) in [5, 5.41) is 0.